The van der Waals surface area contributed by atoms with Crippen LogP contribution in [0.4, 0.5) is 5.69 Å². The van der Waals surface area contributed by atoms with Crippen LogP contribution in [0.5, 0.6) is 0 Å². The molecule has 2 aromatic rings. The smallest absolute Gasteiger partial charge is 0.0796 e. The fourth-order valence-corrected chi connectivity index (χ4v) is 2.98. The summed E-state index contributed by atoms with van der Waals surface area (Å²) in [4.78, 5) is 2.38. The van der Waals surface area contributed by atoms with Crippen molar-refractivity contribution in [1.82, 2.24) is 0 Å². The van der Waals surface area contributed by atoms with Gasteiger partial charge in [0.1, 0.15) is 0 Å². The third-order valence-electron chi connectivity index (χ3n) is 4.37. The first kappa shape index (κ1) is 16.0. The molecule has 122 valence electrons. The molecule has 0 aromatic heterocycles. The highest BCUT2D eigenvalue weighted by molar-refractivity contribution is 5.66. The zero-order valence-electron chi connectivity index (χ0n) is 14.0. The second-order valence-electron chi connectivity index (χ2n) is 5.87. The van der Waals surface area contributed by atoms with Gasteiger partial charge in [-0.3, -0.25) is 0 Å². The van der Waals surface area contributed by atoms with Crippen molar-refractivity contribution in [2.45, 2.75) is 20.0 Å². The van der Waals surface area contributed by atoms with Crippen LogP contribution in [0, 0.1) is 0 Å². The first-order valence-electron chi connectivity index (χ1n) is 8.42. The average Bonchev–Trinajstić information content (AvgIpc) is 2.63. The Morgan fingerprint density at radius 3 is 2.09 bits per heavy atom. The van der Waals surface area contributed by atoms with Crippen molar-refractivity contribution in [1.29, 1.82) is 0 Å². The molecular formula is C20H25NO2. The van der Waals surface area contributed by atoms with Gasteiger partial charge < -0.3 is 14.4 Å². The average molecular weight is 311 g/mol. The molecule has 0 aliphatic carbocycles. The van der Waals surface area contributed by atoms with Crippen molar-refractivity contribution in [3.63, 3.8) is 0 Å². The van der Waals surface area contributed by atoms with E-state index in [2.05, 4.69) is 60.4 Å². The minimum absolute atomic E-state index is 0.151. The number of rotatable bonds is 5. The fraction of sp³-hybridized carbons (Fsp3) is 0.400. The number of morpholine rings is 1. The summed E-state index contributed by atoms with van der Waals surface area (Å²) in [6, 6.07) is 17.5. The van der Waals surface area contributed by atoms with Gasteiger partial charge in [0, 0.05) is 25.4 Å². The van der Waals surface area contributed by atoms with E-state index in [1.807, 2.05) is 6.92 Å². The predicted octanol–water partition coefficient (Wildman–Crippen LogP) is 4.29. The van der Waals surface area contributed by atoms with Crippen LogP contribution in [-0.2, 0) is 9.47 Å². The topological polar surface area (TPSA) is 21.7 Å². The SMILES string of the molecule is CCOC(C)c1ccc(-c2ccc(N3CCOCC3)cc2)cc1. The molecule has 3 heteroatoms. The Kier molecular flexibility index (Phi) is 5.31. The Bertz CT molecular complexity index is 601. The lowest BCUT2D eigenvalue weighted by molar-refractivity contribution is 0.0764. The van der Waals surface area contributed by atoms with E-state index in [0.29, 0.717) is 0 Å². The zero-order valence-corrected chi connectivity index (χ0v) is 14.0. The number of benzene rings is 2. The maximum absolute atomic E-state index is 5.64. The van der Waals surface area contributed by atoms with Gasteiger partial charge in [0.2, 0.25) is 0 Å². The second-order valence-corrected chi connectivity index (χ2v) is 5.87. The standard InChI is InChI=1S/C20H25NO2/c1-3-23-16(2)17-4-6-18(7-5-17)19-8-10-20(11-9-19)21-12-14-22-15-13-21/h4-11,16H,3,12-15H2,1-2H3. The molecule has 1 heterocycles. The summed E-state index contributed by atoms with van der Waals surface area (Å²) in [6.45, 7) is 8.46. The summed E-state index contributed by atoms with van der Waals surface area (Å²) >= 11 is 0. The summed E-state index contributed by atoms with van der Waals surface area (Å²) in [7, 11) is 0. The van der Waals surface area contributed by atoms with Gasteiger partial charge in [-0.2, -0.15) is 0 Å². The molecule has 1 fully saturated rings. The van der Waals surface area contributed by atoms with Gasteiger partial charge >= 0.3 is 0 Å². The van der Waals surface area contributed by atoms with Gasteiger partial charge in [0.15, 0.2) is 0 Å². The van der Waals surface area contributed by atoms with E-state index in [-0.39, 0.29) is 6.10 Å². The van der Waals surface area contributed by atoms with E-state index in [4.69, 9.17) is 9.47 Å². The van der Waals surface area contributed by atoms with Gasteiger partial charge in [0.05, 0.1) is 19.3 Å². The molecule has 1 atom stereocenters. The van der Waals surface area contributed by atoms with Crippen LogP contribution >= 0.6 is 0 Å². The number of hydrogen-bond acceptors (Lipinski definition) is 3. The lowest BCUT2D eigenvalue weighted by Crippen LogP contribution is -2.36. The minimum atomic E-state index is 0.151. The van der Waals surface area contributed by atoms with Crippen LogP contribution in [0.2, 0.25) is 0 Å². The summed E-state index contributed by atoms with van der Waals surface area (Å²) in [6.07, 6.45) is 0.151. The first-order valence-corrected chi connectivity index (χ1v) is 8.42. The van der Waals surface area contributed by atoms with E-state index in [1.165, 1.54) is 22.4 Å². The molecule has 1 unspecified atom stereocenters. The van der Waals surface area contributed by atoms with E-state index in [0.717, 1.165) is 32.9 Å². The van der Waals surface area contributed by atoms with E-state index in [1.54, 1.807) is 0 Å². The normalized spacial score (nSPS) is 16.3. The summed E-state index contributed by atoms with van der Waals surface area (Å²) in [5.74, 6) is 0. The molecule has 0 amide bonds. The third-order valence-corrected chi connectivity index (χ3v) is 4.37. The molecule has 1 saturated heterocycles. The Labute approximate surface area is 138 Å². The monoisotopic (exact) mass is 311 g/mol. The lowest BCUT2D eigenvalue weighted by Gasteiger charge is -2.28. The van der Waals surface area contributed by atoms with Crippen molar-refractivity contribution >= 4 is 5.69 Å². The van der Waals surface area contributed by atoms with Gasteiger partial charge in [0.25, 0.3) is 0 Å². The zero-order chi connectivity index (χ0) is 16.1. The van der Waals surface area contributed by atoms with Gasteiger partial charge in [-0.25, -0.2) is 0 Å². The second kappa shape index (κ2) is 7.62. The van der Waals surface area contributed by atoms with Crippen molar-refractivity contribution < 1.29 is 9.47 Å². The van der Waals surface area contributed by atoms with Gasteiger partial charge in [-0.15, -0.1) is 0 Å². The highest BCUT2D eigenvalue weighted by atomic mass is 16.5. The molecule has 23 heavy (non-hydrogen) atoms. The van der Waals surface area contributed by atoms with E-state index >= 15 is 0 Å². The van der Waals surface area contributed by atoms with Crippen molar-refractivity contribution in [3.8, 4) is 11.1 Å². The molecular weight excluding hydrogens is 286 g/mol. The highest BCUT2D eigenvalue weighted by Gasteiger charge is 2.11. The van der Waals surface area contributed by atoms with Crippen molar-refractivity contribution in [3.05, 3.63) is 54.1 Å². The Balaban J connectivity index is 1.71. The Morgan fingerprint density at radius 2 is 1.52 bits per heavy atom. The van der Waals surface area contributed by atoms with Crippen LogP contribution in [0.3, 0.4) is 0 Å². The maximum atomic E-state index is 5.64. The highest BCUT2D eigenvalue weighted by Crippen LogP contribution is 2.26. The molecule has 0 radical (unpaired) electrons. The van der Waals surface area contributed by atoms with Gasteiger partial charge in [-0.1, -0.05) is 36.4 Å². The molecule has 0 spiro atoms. The van der Waals surface area contributed by atoms with Crippen LogP contribution in [0.25, 0.3) is 11.1 Å². The number of anilines is 1. The number of hydrogen-bond donors (Lipinski definition) is 0. The first-order chi connectivity index (χ1) is 11.3. The van der Waals surface area contributed by atoms with Crippen LogP contribution < -0.4 is 4.90 Å². The van der Waals surface area contributed by atoms with Crippen LogP contribution in [0.1, 0.15) is 25.5 Å². The van der Waals surface area contributed by atoms with E-state index in [9.17, 15) is 0 Å². The number of ether oxygens (including phenoxy) is 2. The number of nitrogens with zero attached hydrogens (tertiary/aromatic N) is 1. The van der Waals surface area contributed by atoms with Crippen molar-refractivity contribution in [2.24, 2.45) is 0 Å². The molecule has 3 rings (SSSR count). The lowest BCUT2D eigenvalue weighted by atomic mass is 10.0. The van der Waals surface area contributed by atoms with Crippen LogP contribution in [0.15, 0.2) is 48.5 Å². The van der Waals surface area contributed by atoms with E-state index < -0.39 is 0 Å². The molecule has 2 aromatic carbocycles. The molecule has 1 aliphatic heterocycles. The predicted molar refractivity (Wildman–Crippen MR) is 95.0 cm³/mol. The molecule has 0 bridgehead atoms. The minimum Gasteiger partial charge on any atom is -0.378 e. The largest absolute Gasteiger partial charge is 0.378 e. The molecule has 0 N–H and O–H groups in total. The molecule has 3 nitrogen and oxygen atoms in total. The summed E-state index contributed by atoms with van der Waals surface area (Å²) < 4.78 is 11.1. The Hall–Kier alpha value is -1.84. The molecule has 0 saturated carbocycles. The van der Waals surface area contributed by atoms with Crippen LogP contribution in [-0.4, -0.2) is 32.9 Å². The summed E-state index contributed by atoms with van der Waals surface area (Å²) in [5, 5.41) is 0. The quantitative estimate of drug-likeness (QED) is 0.822. The van der Waals surface area contributed by atoms with Gasteiger partial charge in [-0.05, 0) is 42.7 Å². The maximum Gasteiger partial charge on any atom is 0.0796 e. The summed E-state index contributed by atoms with van der Waals surface area (Å²) in [5.41, 5.74) is 4.99. The third kappa shape index (κ3) is 3.92. The fourth-order valence-electron chi connectivity index (χ4n) is 2.98. The molecule has 1 aliphatic rings. The van der Waals surface area contributed by atoms with Crippen molar-refractivity contribution in [2.75, 3.05) is 37.8 Å². The Morgan fingerprint density at radius 1 is 0.957 bits per heavy atom.